The van der Waals surface area contributed by atoms with Crippen molar-refractivity contribution in [3.63, 3.8) is 0 Å². The van der Waals surface area contributed by atoms with E-state index in [-0.39, 0.29) is 1.43 Å². The van der Waals surface area contributed by atoms with Crippen molar-refractivity contribution in [1.29, 1.82) is 0 Å². The fourth-order valence-electron chi connectivity index (χ4n) is 2.60. The Kier molecular flexibility index (Phi) is 3.87. The number of ether oxygens (including phenoxy) is 1. The molecule has 0 aromatic heterocycles. The van der Waals surface area contributed by atoms with E-state index in [1.165, 1.54) is 31.2 Å². The van der Waals surface area contributed by atoms with E-state index < -0.39 is 0 Å². The lowest BCUT2D eigenvalue weighted by Crippen LogP contribution is -2.10. The third-order valence-corrected chi connectivity index (χ3v) is 3.68. The summed E-state index contributed by atoms with van der Waals surface area (Å²) in [4.78, 5) is 0. The van der Waals surface area contributed by atoms with Crippen LogP contribution in [0.15, 0.2) is 24.3 Å². The molecule has 0 amide bonds. The van der Waals surface area contributed by atoms with Crippen molar-refractivity contribution in [2.75, 3.05) is 6.61 Å². The highest BCUT2D eigenvalue weighted by atomic mass is 16.5. The summed E-state index contributed by atoms with van der Waals surface area (Å²) in [5, 5.41) is 0. The molecule has 1 aliphatic rings. The zero-order chi connectivity index (χ0) is 11.4. The van der Waals surface area contributed by atoms with Crippen molar-refractivity contribution in [2.45, 2.75) is 45.4 Å². The molecule has 1 fully saturated rings. The zero-order valence-electron chi connectivity index (χ0n) is 10.4. The summed E-state index contributed by atoms with van der Waals surface area (Å²) in [6.45, 7) is 5.14. The molecule has 0 N–H and O–H groups in total. The number of benzene rings is 1. The van der Waals surface area contributed by atoms with E-state index >= 15 is 0 Å². The predicted octanol–water partition coefficient (Wildman–Crippen LogP) is 4.63. The largest absolute Gasteiger partial charge is 0.494 e. The molecule has 0 unspecified atom stereocenters. The lowest BCUT2D eigenvalue weighted by Gasteiger charge is -2.26. The van der Waals surface area contributed by atoms with Crippen LogP contribution in [-0.4, -0.2) is 6.61 Å². The van der Waals surface area contributed by atoms with Gasteiger partial charge in [-0.15, -0.1) is 0 Å². The molecule has 0 aliphatic heterocycles. The maximum atomic E-state index is 5.47. The van der Waals surface area contributed by atoms with Crippen molar-refractivity contribution in [3.8, 4) is 5.75 Å². The van der Waals surface area contributed by atoms with E-state index in [1.54, 1.807) is 0 Å². The highest BCUT2D eigenvalue weighted by molar-refractivity contribution is 5.29. The van der Waals surface area contributed by atoms with Gasteiger partial charge in [0.25, 0.3) is 0 Å². The van der Waals surface area contributed by atoms with Crippen LogP contribution in [0.2, 0.25) is 0 Å². The Labute approximate surface area is 100 Å². The maximum Gasteiger partial charge on any atom is 0.119 e. The van der Waals surface area contributed by atoms with Gasteiger partial charge in [-0.1, -0.05) is 31.9 Å². The third kappa shape index (κ3) is 2.78. The van der Waals surface area contributed by atoms with Crippen LogP contribution in [0.25, 0.3) is 0 Å². The van der Waals surface area contributed by atoms with Gasteiger partial charge in [0.05, 0.1) is 6.61 Å². The lowest BCUT2D eigenvalue weighted by atomic mass is 9.79. The van der Waals surface area contributed by atoms with Crippen molar-refractivity contribution in [3.05, 3.63) is 29.8 Å². The summed E-state index contributed by atoms with van der Waals surface area (Å²) in [5.74, 6) is 2.71. The molecule has 16 heavy (non-hydrogen) atoms. The first-order valence-corrected chi connectivity index (χ1v) is 6.52. The van der Waals surface area contributed by atoms with Gasteiger partial charge in [-0.3, -0.25) is 0 Å². The van der Waals surface area contributed by atoms with Crippen LogP contribution in [0.1, 0.15) is 52.4 Å². The number of hydrogen-bond donors (Lipinski definition) is 0. The Hall–Kier alpha value is -0.980. The second kappa shape index (κ2) is 5.38. The van der Waals surface area contributed by atoms with Crippen molar-refractivity contribution in [2.24, 2.45) is 5.92 Å². The molecule has 1 saturated carbocycles. The fourth-order valence-corrected chi connectivity index (χ4v) is 2.60. The second-order valence-corrected chi connectivity index (χ2v) is 4.96. The van der Waals surface area contributed by atoms with Gasteiger partial charge in [0.1, 0.15) is 5.75 Å². The van der Waals surface area contributed by atoms with Crippen LogP contribution < -0.4 is 4.74 Å². The molecule has 2 rings (SSSR count). The molecule has 1 heteroatoms. The standard InChI is InChI=1S/C15H22O.H2/c1-3-16-15-10-8-14(9-11-15)13-6-4-12(2)5-7-13;/h8-13H,3-7H2,1-2H3;1H. The van der Waals surface area contributed by atoms with Crippen LogP contribution in [0.3, 0.4) is 0 Å². The first kappa shape index (κ1) is 11.5. The lowest BCUT2D eigenvalue weighted by molar-refractivity contribution is 0.337. The maximum absolute atomic E-state index is 5.47. The molecule has 90 valence electrons. The van der Waals surface area contributed by atoms with Gasteiger partial charge in [0.2, 0.25) is 0 Å². The summed E-state index contributed by atoms with van der Waals surface area (Å²) >= 11 is 0. The predicted molar refractivity (Wildman–Crippen MR) is 70.1 cm³/mol. The van der Waals surface area contributed by atoms with Crippen LogP contribution in [-0.2, 0) is 0 Å². The first-order chi connectivity index (χ1) is 7.79. The molecule has 0 atom stereocenters. The first-order valence-electron chi connectivity index (χ1n) is 6.52. The number of rotatable bonds is 3. The Balaban J connectivity index is 0.00000144. The molecule has 1 aromatic carbocycles. The molecule has 0 spiro atoms. The Morgan fingerprint density at radius 3 is 2.31 bits per heavy atom. The highest BCUT2D eigenvalue weighted by Gasteiger charge is 2.19. The third-order valence-electron chi connectivity index (χ3n) is 3.68. The normalized spacial score (nSPS) is 25.4. The Morgan fingerprint density at radius 2 is 1.75 bits per heavy atom. The van der Waals surface area contributed by atoms with Crippen molar-refractivity contribution in [1.82, 2.24) is 0 Å². The van der Waals surface area contributed by atoms with Gasteiger partial charge >= 0.3 is 0 Å². The summed E-state index contributed by atoms with van der Waals surface area (Å²) < 4.78 is 5.47. The summed E-state index contributed by atoms with van der Waals surface area (Å²) in [6, 6.07) is 8.70. The van der Waals surface area contributed by atoms with Crippen molar-refractivity contribution < 1.29 is 6.16 Å². The molecule has 1 aliphatic carbocycles. The molecule has 0 heterocycles. The molecular weight excluding hydrogens is 196 g/mol. The van der Waals surface area contributed by atoms with Gasteiger partial charge in [-0.2, -0.15) is 0 Å². The van der Waals surface area contributed by atoms with E-state index in [0.717, 1.165) is 24.2 Å². The zero-order valence-corrected chi connectivity index (χ0v) is 10.4. The van der Waals surface area contributed by atoms with Crippen molar-refractivity contribution >= 4 is 0 Å². The van der Waals surface area contributed by atoms with Gasteiger partial charge in [-0.25, -0.2) is 0 Å². The summed E-state index contributed by atoms with van der Waals surface area (Å²) in [5.41, 5.74) is 1.50. The minimum Gasteiger partial charge on any atom is -0.494 e. The number of hydrogen-bond acceptors (Lipinski definition) is 1. The average molecular weight is 220 g/mol. The van der Waals surface area contributed by atoms with Gasteiger partial charge in [-0.05, 0) is 49.3 Å². The van der Waals surface area contributed by atoms with E-state index in [2.05, 4.69) is 31.2 Å². The summed E-state index contributed by atoms with van der Waals surface area (Å²) in [6.07, 6.45) is 5.49. The van der Waals surface area contributed by atoms with E-state index in [0.29, 0.717) is 0 Å². The molecule has 0 bridgehead atoms. The Morgan fingerprint density at radius 1 is 1.12 bits per heavy atom. The quantitative estimate of drug-likeness (QED) is 0.722. The summed E-state index contributed by atoms with van der Waals surface area (Å²) in [7, 11) is 0. The average Bonchev–Trinajstić information content (AvgIpc) is 2.32. The van der Waals surface area contributed by atoms with Gasteiger partial charge < -0.3 is 4.74 Å². The molecule has 1 nitrogen and oxygen atoms in total. The molecular formula is C15H24O. The molecule has 0 saturated heterocycles. The van der Waals surface area contributed by atoms with Crippen LogP contribution >= 0.6 is 0 Å². The van der Waals surface area contributed by atoms with Crippen LogP contribution in [0, 0.1) is 5.92 Å². The SMILES string of the molecule is CCOc1ccc(C2CCC(C)CC2)cc1.[HH]. The highest BCUT2D eigenvalue weighted by Crippen LogP contribution is 2.35. The smallest absolute Gasteiger partial charge is 0.119 e. The molecule has 0 radical (unpaired) electrons. The van der Waals surface area contributed by atoms with E-state index in [9.17, 15) is 0 Å². The van der Waals surface area contributed by atoms with Gasteiger partial charge in [0, 0.05) is 1.43 Å². The fraction of sp³-hybridized carbons (Fsp3) is 0.600. The van der Waals surface area contributed by atoms with Crippen LogP contribution in [0.5, 0.6) is 5.75 Å². The second-order valence-electron chi connectivity index (χ2n) is 4.96. The van der Waals surface area contributed by atoms with Crippen LogP contribution in [0.4, 0.5) is 0 Å². The Bertz CT molecular complexity index is 312. The van der Waals surface area contributed by atoms with E-state index in [1.807, 2.05) is 6.92 Å². The minimum absolute atomic E-state index is 0. The molecule has 1 aromatic rings. The topological polar surface area (TPSA) is 9.23 Å². The minimum atomic E-state index is 0. The van der Waals surface area contributed by atoms with E-state index in [4.69, 9.17) is 4.74 Å². The monoisotopic (exact) mass is 220 g/mol. The van der Waals surface area contributed by atoms with Gasteiger partial charge in [0.15, 0.2) is 0 Å².